The number of carbonyl (C=O) groups excluding carboxylic acids is 1. The van der Waals surface area contributed by atoms with E-state index in [4.69, 9.17) is 4.74 Å². The van der Waals surface area contributed by atoms with Gasteiger partial charge >= 0.3 is 6.18 Å². The van der Waals surface area contributed by atoms with E-state index in [1.807, 2.05) is 0 Å². The lowest BCUT2D eigenvalue weighted by atomic mass is 10.2. The van der Waals surface area contributed by atoms with Crippen LogP contribution in [0.2, 0.25) is 0 Å². The molecule has 7 nitrogen and oxygen atoms in total. The van der Waals surface area contributed by atoms with Gasteiger partial charge in [-0.25, -0.2) is 0 Å². The number of nitrogens with zero attached hydrogens (tertiary/aromatic N) is 5. The van der Waals surface area contributed by atoms with E-state index < -0.39 is 24.7 Å². The summed E-state index contributed by atoms with van der Waals surface area (Å²) in [5.74, 6) is 0.0499. The van der Waals surface area contributed by atoms with Gasteiger partial charge in [-0.1, -0.05) is 11.8 Å². The van der Waals surface area contributed by atoms with Crippen LogP contribution in [0, 0.1) is 5.92 Å². The summed E-state index contributed by atoms with van der Waals surface area (Å²) in [5.41, 5.74) is 0.652. The van der Waals surface area contributed by atoms with Crippen molar-refractivity contribution in [1.82, 2.24) is 25.1 Å². The summed E-state index contributed by atoms with van der Waals surface area (Å²) < 4.78 is 45.3. The first kappa shape index (κ1) is 20.4. The molecule has 1 aliphatic carbocycles. The third-order valence-electron chi connectivity index (χ3n) is 4.55. The quantitative estimate of drug-likeness (QED) is 0.618. The number of ether oxygens (including phenoxy) is 1. The molecule has 0 bridgehead atoms. The molecule has 28 heavy (non-hydrogen) atoms. The van der Waals surface area contributed by atoms with E-state index in [9.17, 15) is 18.0 Å². The number of hydrogen-bond acceptors (Lipinski definition) is 6. The standard InChI is InChI=1S/C17H20F3N5O2S/c1-11(12-3-4-12)24(10-17(18,19)20)15(26)9-28-16-21-22-23-25(16)13-5-7-14(27-2)8-6-13/h5-8,11-12H,3-4,9-10H2,1-2H3/t11-/m0/s1. The smallest absolute Gasteiger partial charge is 0.406 e. The number of benzene rings is 1. The van der Waals surface area contributed by atoms with Gasteiger partial charge in [0, 0.05) is 6.04 Å². The number of carbonyl (C=O) groups is 1. The maximum absolute atomic E-state index is 12.9. The van der Waals surface area contributed by atoms with Crippen molar-refractivity contribution in [2.24, 2.45) is 5.92 Å². The molecule has 1 amide bonds. The SMILES string of the molecule is COc1ccc(-n2nnnc2SCC(=O)N(CC(F)(F)F)[C@@H](C)C2CC2)cc1. The molecule has 1 fully saturated rings. The molecule has 1 aromatic carbocycles. The molecule has 1 saturated carbocycles. The Bertz CT molecular complexity index is 808. The number of aromatic nitrogens is 4. The third kappa shape index (κ3) is 5.15. The summed E-state index contributed by atoms with van der Waals surface area (Å²) in [7, 11) is 1.55. The topological polar surface area (TPSA) is 73.1 Å². The fourth-order valence-corrected chi connectivity index (χ4v) is 3.63. The maximum Gasteiger partial charge on any atom is 0.406 e. The summed E-state index contributed by atoms with van der Waals surface area (Å²) >= 11 is 1.01. The lowest BCUT2D eigenvalue weighted by molar-refractivity contribution is -0.164. The molecule has 0 spiro atoms. The molecule has 152 valence electrons. The number of methoxy groups -OCH3 is 1. The van der Waals surface area contributed by atoms with E-state index in [0.29, 0.717) is 16.6 Å². The van der Waals surface area contributed by atoms with Crippen LogP contribution in [0.4, 0.5) is 13.2 Å². The summed E-state index contributed by atoms with van der Waals surface area (Å²) in [4.78, 5) is 13.5. The van der Waals surface area contributed by atoms with Crippen LogP contribution in [0.15, 0.2) is 29.4 Å². The van der Waals surface area contributed by atoms with E-state index in [2.05, 4.69) is 15.5 Å². The Labute approximate surface area is 164 Å². The van der Waals surface area contributed by atoms with Gasteiger partial charge in [0.05, 0.1) is 18.6 Å². The highest BCUT2D eigenvalue weighted by molar-refractivity contribution is 7.99. The molecular formula is C17H20F3N5O2S. The van der Waals surface area contributed by atoms with Crippen molar-refractivity contribution in [1.29, 1.82) is 0 Å². The summed E-state index contributed by atoms with van der Waals surface area (Å²) in [6.45, 7) is 0.431. The second kappa shape index (κ2) is 8.38. The average Bonchev–Trinajstić information content (AvgIpc) is 3.41. The van der Waals surface area contributed by atoms with Crippen molar-refractivity contribution in [2.75, 3.05) is 19.4 Å². The lowest BCUT2D eigenvalue weighted by Gasteiger charge is -2.30. The molecule has 2 aromatic rings. The zero-order valence-corrected chi connectivity index (χ0v) is 16.2. The predicted molar refractivity (Wildman–Crippen MR) is 96.4 cm³/mol. The molecule has 0 saturated heterocycles. The predicted octanol–water partition coefficient (Wildman–Crippen LogP) is 2.95. The fourth-order valence-electron chi connectivity index (χ4n) is 2.85. The zero-order valence-electron chi connectivity index (χ0n) is 15.4. The van der Waals surface area contributed by atoms with Gasteiger partial charge in [0.1, 0.15) is 12.3 Å². The van der Waals surface area contributed by atoms with Crippen LogP contribution in [0.3, 0.4) is 0 Å². The molecule has 0 unspecified atom stereocenters. The number of hydrogen-bond donors (Lipinski definition) is 0. The number of thioether (sulfide) groups is 1. The number of rotatable bonds is 8. The van der Waals surface area contributed by atoms with E-state index in [1.165, 1.54) is 4.68 Å². The van der Waals surface area contributed by atoms with Crippen molar-refractivity contribution in [3.63, 3.8) is 0 Å². The second-order valence-electron chi connectivity index (χ2n) is 6.57. The van der Waals surface area contributed by atoms with Crippen molar-refractivity contribution in [3.05, 3.63) is 24.3 Å². The van der Waals surface area contributed by atoms with Crippen LogP contribution in [0.5, 0.6) is 5.75 Å². The molecule has 1 aliphatic rings. The number of halogens is 3. The number of amides is 1. The monoisotopic (exact) mass is 415 g/mol. The average molecular weight is 415 g/mol. The van der Waals surface area contributed by atoms with Crippen LogP contribution >= 0.6 is 11.8 Å². The largest absolute Gasteiger partial charge is 0.497 e. The first-order chi connectivity index (χ1) is 13.3. The first-order valence-electron chi connectivity index (χ1n) is 8.70. The van der Waals surface area contributed by atoms with Crippen molar-refractivity contribution in [2.45, 2.75) is 37.1 Å². The van der Waals surface area contributed by atoms with E-state index in [-0.39, 0.29) is 11.7 Å². The lowest BCUT2D eigenvalue weighted by Crippen LogP contribution is -2.46. The highest BCUT2D eigenvalue weighted by atomic mass is 32.2. The van der Waals surface area contributed by atoms with Crippen molar-refractivity contribution < 1.29 is 22.7 Å². The van der Waals surface area contributed by atoms with Gasteiger partial charge in [0.15, 0.2) is 0 Å². The van der Waals surface area contributed by atoms with Gasteiger partial charge < -0.3 is 9.64 Å². The number of tetrazole rings is 1. The van der Waals surface area contributed by atoms with Gasteiger partial charge in [0.2, 0.25) is 11.1 Å². The maximum atomic E-state index is 12.9. The first-order valence-corrected chi connectivity index (χ1v) is 9.69. The highest BCUT2D eigenvalue weighted by Crippen LogP contribution is 2.36. The molecule has 0 aliphatic heterocycles. The Hall–Kier alpha value is -2.30. The Morgan fingerprint density at radius 2 is 2.04 bits per heavy atom. The van der Waals surface area contributed by atoms with Crippen LogP contribution in [0.25, 0.3) is 5.69 Å². The van der Waals surface area contributed by atoms with E-state index >= 15 is 0 Å². The van der Waals surface area contributed by atoms with Gasteiger partial charge in [-0.3, -0.25) is 4.79 Å². The second-order valence-corrected chi connectivity index (χ2v) is 7.52. The summed E-state index contributed by atoms with van der Waals surface area (Å²) in [6.07, 6.45) is -2.73. The normalized spacial score (nSPS) is 15.3. The molecule has 1 aromatic heterocycles. The van der Waals surface area contributed by atoms with E-state index in [0.717, 1.165) is 29.5 Å². The minimum atomic E-state index is -4.44. The van der Waals surface area contributed by atoms with Gasteiger partial charge in [0.25, 0.3) is 0 Å². The molecule has 0 radical (unpaired) electrons. The minimum absolute atomic E-state index is 0.140. The van der Waals surface area contributed by atoms with E-state index in [1.54, 1.807) is 38.3 Å². The van der Waals surface area contributed by atoms with Gasteiger partial charge in [-0.05, 0) is 60.4 Å². The van der Waals surface area contributed by atoms with Crippen molar-refractivity contribution >= 4 is 17.7 Å². The minimum Gasteiger partial charge on any atom is -0.497 e. The van der Waals surface area contributed by atoms with Crippen LogP contribution in [0.1, 0.15) is 19.8 Å². The Kier molecular flexibility index (Phi) is 6.11. The van der Waals surface area contributed by atoms with Crippen LogP contribution < -0.4 is 4.74 Å². The zero-order chi connectivity index (χ0) is 20.3. The molecule has 0 N–H and O–H groups in total. The number of alkyl halides is 3. The summed E-state index contributed by atoms with van der Waals surface area (Å²) in [6, 6.07) is 6.52. The van der Waals surface area contributed by atoms with Crippen LogP contribution in [-0.4, -0.2) is 62.6 Å². The highest BCUT2D eigenvalue weighted by Gasteiger charge is 2.40. The van der Waals surface area contributed by atoms with Gasteiger partial charge in [-0.15, -0.1) is 5.10 Å². The summed E-state index contributed by atoms with van der Waals surface area (Å²) in [5, 5.41) is 11.7. The molecule has 1 atom stereocenters. The Morgan fingerprint density at radius 1 is 1.36 bits per heavy atom. The fraction of sp³-hybridized carbons (Fsp3) is 0.529. The molecule has 3 rings (SSSR count). The Morgan fingerprint density at radius 3 is 2.61 bits per heavy atom. The van der Waals surface area contributed by atoms with Crippen LogP contribution in [-0.2, 0) is 4.79 Å². The molecule has 1 heterocycles. The third-order valence-corrected chi connectivity index (χ3v) is 5.45. The van der Waals surface area contributed by atoms with Gasteiger partial charge in [-0.2, -0.15) is 17.9 Å². The Balaban J connectivity index is 1.68. The molecular weight excluding hydrogens is 395 g/mol. The molecule has 11 heteroatoms. The van der Waals surface area contributed by atoms with Crippen molar-refractivity contribution in [3.8, 4) is 11.4 Å².